The predicted octanol–water partition coefficient (Wildman–Crippen LogP) is 6.38. The van der Waals surface area contributed by atoms with Gasteiger partial charge >= 0.3 is 0 Å². The van der Waals surface area contributed by atoms with Crippen LogP contribution in [0.5, 0.6) is 0 Å². The number of hydrogen-bond donors (Lipinski definition) is 0. The smallest absolute Gasteiger partial charge is 0.104 e. The second kappa shape index (κ2) is 6.14. The number of rotatable bonds is 3. The quantitative estimate of drug-likeness (QED) is 0.525. The zero-order valence-electron chi connectivity index (χ0n) is 13.5. The number of aromatic nitrogens is 1. The van der Waals surface area contributed by atoms with E-state index < -0.39 is 0 Å². The lowest BCUT2D eigenvalue weighted by molar-refractivity contribution is 0.830. The van der Waals surface area contributed by atoms with Crippen molar-refractivity contribution in [1.82, 2.24) is 4.98 Å². The number of halogens is 2. The molecule has 0 unspecified atom stereocenters. The first kappa shape index (κ1) is 16.6. The molecule has 0 bridgehead atoms. The molecule has 1 fully saturated rings. The monoisotopic (exact) mass is 384 g/mol. The molecule has 2 aromatic carbocycles. The molecule has 0 saturated heterocycles. The summed E-state index contributed by atoms with van der Waals surface area (Å²) < 4.78 is 0. The summed E-state index contributed by atoms with van der Waals surface area (Å²) in [6.45, 7) is 2.06. The predicted molar refractivity (Wildman–Crippen MR) is 103 cm³/mol. The minimum atomic E-state index is -0.126. The van der Waals surface area contributed by atoms with E-state index in [1.807, 2.05) is 30.3 Å². The zero-order chi connectivity index (χ0) is 17.6. The van der Waals surface area contributed by atoms with Crippen LogP contribution in [0.2, 0.25) is 10.0 Å². The third kappa shape index (κ3) is 2.75. The Kier molecular flexibility index (Phi) is 4.08. The fraction of sp³-hybridized carbons (Fsp3) is 0.200. The molecule has 25 heavy (non-hydrogen) atoms. The van der Waals surface area contributed by atoms with Crippen molar-refractivity contribution >= 4 is 34.5 Å². The fourth-order valence-electron chi connectivity index (χ4n) is 3.25. The molecule has 4 rings (SSSR count). The largest absolute Gasteiger partial charge is 0.240 e. The fourth-order valence-corrected chi connectivity index (χ4v) is 4.94. The number of nitrogens with zero attached hydrogens (tertiary/aromatic N) is 2. The van der Waals surface area contributed by atoms with E-state index >= 15 is 0 Å². The molecule has 0 spiro atoms. The highest BCUT2D eigenvalue weighted by atomic mass is 35.5. The standard InChI is InChI=1S/C20H14Cl2N2S/c1-12-18(15-7-6-14(21)10-17(15)22)24-19(25-12)20(8-9-20)16-5-3-2-4-13(16)11-23/h2-7,10H,8-9H2,1H3. The maximum atomic E-state index is 9.46. The van der Waals surface area contributed by atoms with Gasteiger partial charge in [0.15, 0.2) is 0 Å². The third-order valence-electron chi connectivity index (χ3n) is 4.71. The van der Waals surface area contributed by atoms with Gasteiger partial charge < -0.3 is 0 Å². The Labute approximate surface area is 160 Å². The number of thiazole rings is 1. The zero-order valence-corrected chi connectivity index (χ0v) is 15.8. The Morgan fingerprint density at radius 2 is 1.92 bits per heavy atom. The molecule has 0 radical (unpaired) electrons. The summed E-state index contributed by atoms with van der Waals surface area (Å²) >= 11 is 14.1. The lowest BCUT2D eigenvalue weighted by Gasteiger charge is -2.14. The molecule has 1 aromatic heterocycles. The van der Waals surface area contributed by atoms with Gasteiger partial charge in [-0.05, 0) is 49.6 Å². The Morgan fingerprint density at radius 3 is 2.60 bits per heavy atom. The normalized spacial score (nSPS) is 15.0. The van der Waals surface area contributed by atoms with Crippen LogP contribution in [0.3, 0.4) is 0 Å². The van der Waals surface area contributed by atoms with E-state index in [-0.39, 0.29) is 5.41 Å². The van der Waals surface area contributed by atoms with Gasteiger partial charge in [-0.2, -0.15) is 5.26 Å². The van der Waals surface area contributed by atoms with E-state index in [2.05, 4.69) is 19.1 Å². The molecule has 0 amide bonds. The summed E-state index contributed by atoms with van der Waals surface area (Å²) in [5.74, 6) is 0. The second-order valence-electron chi connectivity index (χ2n) is 6.29. The molecular formula is C20H14Cl2N2S. The molecule has 5 heteroatoms. The van der Waals surface area contributed by atoms with Gasteiger partial charge in [-0.1, -0.05) is 41.4 Å². The van der Waals surface area contributed by atoms with Crippen LogP contribution in [0.15, 0.2) is 42.5 Å². The van der Waals surface area contributed by atoms with E-state index in [1.54, 1.807) is 17.4 Å². The van der Waals surface area contributed by atoms with Gasteiger partial charge in [-0.25, -0.2) is 4.98 Å². The van der Waals surface area contributed by atoms with E-state index in [1.165, 1.54) is 0 Å². The van der Waals surface area contributed by atoms with Crippen LogP contribution >= 0.6 is 34.5 Å². The summed E-state index contributed by atoms with van der Waals surface area (Å²) in [7, 11) is 0. The average molecular weight is 385 g/mol. The minimum absolute atomic E-state index is 0.126. The first-order chi connectivity index (χ1) is 12.0. The lowest BCUT2D eigenvalue weighted by Crippen LogP contribution is -2.10. The first-order valence-corrected chi connectivity index (χ1v) is 9.55. The minimum Gasteiger partial charge on any atom is -0.240 e. The molecule has 3 aromatic rings. The maximum Gasteiger partial charge on any atom is 0.104 e. The Morgan fingerprint density at radius 1 is 1.16 bits per heavy atom. The van der Waals surface area contributed by atoms with Crippen molar-refractivity contribution < 1.29 is 0 Å². The van der Waals surface area contributed by atoms with Crippen LogP contribution < -0.4 is 0 Å². The second-order valence-corrected chi connectivity index (χ2v) is 8.33. The number of hydrogen-bond acceptors (Lipinski definition) is 3. The SMILES string of the molecule is Cc1sc(C2(c3ccccc3C#N)CC2)nc1-c1ccc(Cl)cc1Cl. The van der Waals surface area contributed by atoms with Gasteiger partial charge in [-0.3, -0.25) is 0 Å². The first-order valence-electron chi connectivity index (χ1n) is 7.98. The van der Waals surface area contributed by atoms with Gasteiger partial charge in [0.05, 0.1) is 22.3 Å². The van der Waals surface area contributed by atoms with E-state index in [0.29, 0.717) is 10.0 Å². The van der Waals surface area contributed by atoms with Crippen LogP contribution in [-0.4, -0.2) is 4.98 Å². The van der Waals surface area contributed by atoms with Crippen LogP contribution in [0.25, 0.3) is 11.3 Å². The van der Waals surface area contributed by atoms with Gasteiger partial charge in [0.2, 0.25) is 0 Å². The van der Waals surface area contributed by atoms with E-state index in [4.69, 9.17) is 28.2 Å². The summed E-state index contributed by atoms with van der Waals surface area (Å²) in [5, 5.41) is 11.7. The summed E-state index contributed by atoms with van der Waals surface area (Å²) in [6, 6.07) is 15.6. The summed E-state index contributed by atoms with van der Waals surface area (Å²) in [4.78, 5) is 6.06. The van der Waals surface area contributed by atoms with Crippen molar-refractivity contribution in [3.63, 3.8) is 0 Å². The number of nitriles is 1. The van der Waals surface area contributed by atoms with Crippen molar-refractivity contribution in [3.8, 4) is 17.3 Å². The lowest BCUT2D eigenvalue weighted by atomic mass is 9.92. The number of benzene rings is 2. The average Bonchev–Trinajstić information content (AvgIpc) is 3.32. The van der Waals surface area contributed by atoms with Crippen LogP contribution in [-0.2, 0) is 5.41 Å². The summed E-state index contributed by atoms with van der Waals surface area (Å²) in [5.41, 5.74) is 3.50. The van der Waals surface area contributed by atoms with Crippen molar-refractivity contribution in [2.24, 2.45) is 0 Å². The van der Waals surface area contributed by atoms with Crippen molar-refractivity contribution in [2.75, 3.05) is 0 Å². The summed E-state index contributed by atoms with van der Waals surface area (Å²) in [6.07, 6.45) is 2.04. The van der Waals surface area contributed by atoms with Crippen LogP contribution in [0.1, 0.15) is 33.9 Å². The molecule has 0 N–H and O–H groups in total. The molecule has 0 aliphatic heterocycles. The molecule has 1 heterocycles. The van der Waals surface area contributed by atoms with Crippen LogP contribution in [0.4, 0.5) is 0 Å². The molecule has 2 nitrogen and oxygen atoms in total. The highest BCUT2D eigenvalue weighted by Gasteiger charge is 2.50. The molecule has 124 valence electrons. The van der Waals surface area contributed by atoms with Crippen molar-refractivity contribution in [2.45, 2.75) is 25.2 Å². The highest BCUT2D eigenvalue weighted by molar-refractivity contribution is 7.12. The van der Waals surface area contributed by atoms with Crippen LogP contribution in [0, 0.1) is 18.3 Å². The van der Waals surface area contributed by atoms with Gasteiger partial charge in [0, 0.05) is 20.9 Å². The number of aryl methyl sites for hydroxylation is 1. The Bertz CT molecular complexity index is 1010. The topological polar surface area (TPSA) is 36.7 Å². The Balaban J connectivity index is 1.82. The third-order valence-corrected chi connectivity index (χ3v) is 6.43. The van der Waals surface area contributed by atoms with Gasteiger partial charge in [0.25, 0.3) is 0 Å². The van der Waals surface area contributed by atoms with Gasteiger partial charge in [0.1, 0.15) is 5.01 Å². The van der Waals surface area contributed by atoms with E-state index in [0.717, 1.165) is 45.1 Å². The van der Waals surface area contributed by atoms with Gasteiger partial charge in [-0.15, -0.1) is 11.3 Å². The molecular weight excluding hydrogens is 371 g/mol. The van der Waals surface area contributed by atoms with Crippen molar-refractivity contribution in [1.29, 1.82) is 5.26 Å². The molecule has 0 atom stereocenters. The maximum absolute atomic E-state index is 9.46. The molecule has 1 saturated carbocycles. The highest BCUT2D eigenvalue weighted by Crippen LogP contribution is 2.56. The molecule has 1 aliphatic rings. The Hall–Kier alpha value is -1.86. The molecule has 1 aliphatic carbocycles. The van der Waals surface area contributed by atoms with E-state index in [9.17, 15) is 5.26 Å². The van der Waals surface area contributed by atoms with Crippen molar-refractivity contribution in [3.05, 3.63) is 73.5 Å².